The van der Waals surface area contributed by atoms with E-state index >= 15 is 0 Å². The summed E-state index contributed by atoms with van der Waals surface area (Å²) in [6, 6.07) is 0.712. The third kappa shape index (κ3) is 2.45. The second kappa shape index (κ2) is 5.10. The highest BCUT2D eigenvalue weighted by Crippen LogP contribution is 2.47. The van der Waals surface area contributed by atoms with Gasteiger partial charge in [-0.3, -0.25) is 0 Å². The lowest BCUT2D eigenvalue weighted by Gasteiger charge is -2.45. The van der Waals surface area contributed by atoms with E-state index in [0.29, 0.717) is 6.04 Å². The average Bonchev–Trinajstić information content (AvgIpc) is 3.08. The molecule has 4 unspecified atom stereocenters. The first-order valence-corrected chi connectivity index (χ1v) is 7.63. The van der Waals surface area contributed by atoms with Gasteiger partial charge in [-0.25, -0.2) is 0 Å². The molecule has 104 valence electrons. The smallest absolute Gasteiger partial charge is 0.0729 e. The molecule has 1 N–H and O–H groups in total. The summed E-state index contributed by atoms with van der Waals surface area (Å²) >= 11 is 0. The predicted molar refractivity (Wildman–Crippen MR) is 71.6 cm³/mol. The molecule has 0 bridgehead atoms. The second-order valence-electron chi connectivity index (χ2n) is 6.59. The Hall–Kier alpha value is -0.120. The van der Waals surface area contributed by atoms with Crippen molar-refractivity contribution in [3.05, 3.63) is 0 Å². The van der Waals surface area contributed by atoms with Crippen LogP contribution >= 0.6 is 0 Å². The van der Waals surface area contributed by atoms with Gasteiger partial charge in [-0.15, -0.1) is 0 Å². The maximum Gasteiger partial charge on any atom is 0.0729 e. The molecule has 2 saturated heterocycles. The molecule has 2 aliphatic heterocycles. The van der Waals surface area contributed by atoms with E-state index in [1.807, 2.05) is 0 Å². The summed E-state index contributed by atoms with van der Waals surface area (Å²) in [5.74, 6) is 2.64. The van der Waals surface area contributed by atoms with E-state index < -0.39 is 0 Å². The van der Waals surface area contributed by atoms with E-state index in [1.165, 1.54) is 19.3 Å². The molecule has 0 radical (unpaired) electrons. The summed E-state index contributed by atoms with van der Waals surface area (Å²) < 4.78 is 11.7. The van der Waals surface area contributed by atoms with Crippen molar-refractivity contribution in [3.8, 4) is 0 Å². The van der Waals surface area contributed by atoms with Crippen LogP contribution in [0.15, 0.2) is 0 Å². The average molecular weight is 253 g/mol. The number of rotatable bonds is 3. The Morgan fingerprint density at radius 3 is 2.56 bits per heavy atom. The summed E-state index contributed by atoms with van der Waals surface area (Å²) in [6.07, 6.45) is 6.09. The van der Waals surface area contributed by atoms with Gasteiger partial charge >= 0.3 is 0 Å². The Balaban J connectivity index is 1.65. The van der Waals surface area contributed by atoms with Gasteiger partial charge in [0.15, 0.2) is 0 Å². The van der Waals surface area contributed by atoms with Crippen molar-refractivity contribution in [3.63, 3.8) is 0 Å². The lowest BCUT2D eigenvalue weighted by atomic mass is 9.76. The molecule has 0 aromatic carbocycles. The number of hydrogen-bond donors (Lipinski definition) is 1. The van der Waals surface area contributed by atoms with Crippen LogP contribution in [0.2, 0.25) is 0 Å². The van der Waals surface area contributed by atoms with Crippen LogP contribution in [0.5, 0.6) is 0 Å². The quantitative estimate of drug-likeness (QED) is 0.836. The topological polar surface area (TPSA) is 30.5 Å². The van der Waals surface area contributed by atoms with E-state index in [2.05, 4.69) is 19.3 Å². The van der Waals surface area contributed by atoms with E-state index in [4.69, 9.17) is 9.47 Å². The second-order valence-corrected chi connectivity index (χ2v) is 6.59. The van der Waals surface area contributed by atoms with Crippen LogP contribution in [0, 0.1) is 17.8 Å². The van der Waals surface area contributed by atoms with Crippen molar-refractivity contribution in [2.75, 3.05) is 26.9 Å². The highest BCUT2D eigenvalue weighted by molar-refractivity contribution is 4.99. The first-order valence-electron chi connectivity index (χ1n) is 7.63. The van der Waals surface area contributed by atoms with Crippen molar-refractivity contribution in [1.29, 1.82) is 0 Å². The normalized spacial score (nSPS) is 40.7. The Morgan fingerprint density at radius 1 is 1.22 bits per heavy atom. The van der Waals surface area contributed by atoms with Gasteiger partial charge in [0.1, 0.15) is 0 Å². The summed E-state index contributed by atoms with van der Waals surface area (Å²) in [6.45, 7) is 5.11. The van der Waals surface area contributed by atoms with Gasteiger partial charge in [0, 0.05) is 25.9 Å². The highest BCUT2D eigenvalue weighted by Gasteiger charge is 2.47. The van der Waals surface area contributed by atoms with Gasteiger partial charge < -0.3 is 14.8 Å². The van der Waals surface area contributed by atoms with E-state index in [1.54, 1.807) is 0 Å². The lowest BCUT2D eigenvalue weighted by Crippen LogP contribution is -2.49. The summed E-state index contributed by atoms with van der Waals surface area (Å²) in [7, 11) is 2.14. The standard InChI is InChI=1S/C15H27NO2/c1-11-9-13(11)14(16-2)12-3-6-18-15(10-12)4-7-17-8-5-15/h11-14,16H,3-10H2,1-2H3. The van der Waals surface area contributed by atoms with Gasteiger partial charge in [0.05, 0.1) is 5.60 Å². The van der Waals surface area contributed by atoms with Gasteiger partial charge in [-0.1, -0.05) is 6.92 Å². The maximum absolute atomic E-state index is 6.15. The summed E-state index contributed by atoms with van der Waals surface area (Å²) in [4.78, 5) is 0. The molecule has 1 spiro atoms. The Kier molecular flexibility index (Phi) is 3.65. The van der Waals surface area contributed by atoms with Crippen LogP contribution in [0.4, 0.5) is 0 Å². The Labute approximate surface area is 111 Å². The molecule has 3 nitrogen and oxygen atoms in total. The van der Waals surface area contributed by atoms with Crippen molar-refractivity contribution < 1.29 is 9.47 Å². The Bertz CT molecular complexity index is 283. The largest absolute Gasteiger partial charge is 0.381 e. The molecule has 3 fully saturated rings. The minimum atomic E-state index is 0.147. The van der Waals surface area contributed by atoms with Gasteiger partial charge in [0.25, 0.3) is 0 Å². The predicted octanol–water partition coefficient (Wildman–Crippen LogP) is 2.21. The van der Waals surface area contributed by atoms with E-state index in [0.717, 1.165) is 50.4 Å². The Morgan fingerprint density at radius 2 is 1.94 bits per heavy atom. The van der Waals surface area contributed by atoms with Gasteiger partial charge in [-0.2, -0.15) is 0 Å². The number of hydrogen-bond acceptors (Lipinski definition) is 3. The zero-order valence-corrected chi connectivity index (χ0v) is 11.8. The molecule has 1 saturated carbocycles. The van der Waals surface area contributed by atoms with Crippen LogP contribution in [0.3, 0.4) is 0 Å². The molecule has 3 rings (SSSR count). The molecule has 4 atom stereocenters. The van der Waals surface area contributed by atoms with Crippen LogP contribution in [-0.4, -0.2) is 38.5 Å². The molecular weight excluding hydrogens is 226 g/mol. The summed E-state index contributed by atoms with van der Waals surface area (Å²) in [5, 5.41) is 3.60. The minimum absolute atomic E-state index is 0.147. The first-order chi connectivity index (χ1) is 8.74. The van der Waals surface area contributed by atoms with Crippen LogP contribution in [0.25, 0.3) is 0 Å². The lowest BCUT2D eigenvalue weighted by molar-refractivity contribution is -0.150. The third-order valence-electron chi connectivity index (χ3n) is 5.41. The van der Waals surface area contributed by atoms with Crippen molar-refractivity contribution >= 4 is 0 Å². The van der Waals surface area contributed by atoms with Crippen molar-refractivity contribution in [2.45, 2.75) is 50.7 Å². The van der Waals surface area contributed by atoms with Crippen molar-refractivity contribution in [2.24, 2.45) is 17.8 Å². The number of nitrogens with one attached hydrogen (secondary N) is 1. The van der Waals surface area contributed by atoms with Gasteiger partial charge in [0.2, 0.25) is 0 Å². The zero-order chi connectivity index (χ0) is 12.6. The highest BCUT2D eigenvalue weighted by atomic mass is 16.5. The molecule has 1 aliphatic carbocycles. The van der Waals surface area contributed by atoms with E-state index in [-0.39, 0.29) is 5.60 Å². The molecule has 0 amide bonds. The molecule has 0 aromatic rings. The first kappa shape index (κ1) is 12.9. The van der Waals surface area contributed by atoms with Crippen LogP contribution in [-0.2, 0) is 9.47 Å². The van der Waals surface area contributed by atoms with E-state index in [9.17, 15) is 0 Å². The fraction of sp³-hybridized carbons (Fsp3) is 1.00. The fourth-order valence-electron chi connectivity index (χ4n) is 4.11. The van der Waals surface area contributed by atoms with Crippen LogP contribution < -0.4 is 5.32 Å². The zero-order valence-electron chi connectivity index (χ0n) is 11.8. The fourth-order valence-corrected chi connectivity index (χ4v) is 4.11. The molecule has 3 aliphatic rings. The van der Waals surface area contributed by atoms with Crippen molar-refractivity contribution in [1.82, 2.24) is 5.32 Å². The SMILES string of the molecule is CNC(C1CCOC2(CCOCC2)C1)C1CC1C. The van der Waals surface area contributed by atoms with Crippen LogP contribution in [0.1, 0.15) is 39.0 Å². The third-order valence-corrected chi connectivity index (χ3v) is 5.41. The summed E-state index contributed by atoms with van der Waals surface area (Å²) in [5.41, 5.74) is 0.147. The monoisotopic (exact) mass is 253 g/mol. The molecule has 3 heteroatoms. The maximum atomic E-state index is 6.15. The molecule has 18 heavy (non-hydrogen) atoms. The van der Waals surface area contributed by atoms with Gasteiger partial charge in [-0.05, 0) is 56.9 Å². The molecule has 0 aromatic heterocycles. The number of ether oxygens (including phenoxy) is 2. The minimum Gasteiger partial charge on any atom is -0.381 e. The molecular formula is C15H27NO2. The molecule has 2 heterocycles.